The Bertz CT molecular complexity index is 1570. The van der Waals surface area contributed by atoms with E-state index in [1.54, 1.807) is 43.3 Å². The average molecular weight is 613 g/mol. The molecule has 222 valence electrons. The number of nitrogen functional groups attached to an aromatic ring is 2. The Morgan fingerprint density at radius 3 is 1.95 bits per heavy atom. The molecule has 10 nitrogen and oxygen atoms in total. The normalized spacial score (nSPS) is 10.3. The third-order valence-corrected chi connectivity index (χ3v) is 6.67. The second-order valence-electron chi connectivity index (χ2n) is 9.48. The lowest BCUT2D eigenvalue weighted by atomic mass is 10.1. The summed E-state index contributed by atoms with van der Waals surface area (Å²) in [6.07, 6.45) is 1.45. The van der Waals surface area contributed by atoms with Crippen molar-refractivity contribution in [3.8, 4) is 0 Å². The molecule has 0 atom stereocenters. The van der Waals surface area contributed by atoms with Gasteiger partial charge in [-0.3, -0.25) is 20.4 Å². The molecule has 1 amide bonds. The number of imidazole rings is 1. The number of amidine groups is 2. The molecule has 0 aliphatic carbocycles. The Kier molecular flexibility index (Phi) is 12.1. The van der Waals surface area contributed by atoms with Crippen LogP contribution in [0.4, 0.5) is 0 Å². The number of halogens is 2. The first-order valence-electron chi connectivity index (χ1n) is 12.9. The Balaban J connectivity index is 0.00000308. The van der Waals surface area contributed by atoms with Gasteiger partial charge in [0.25, 0.3) is 5.91 Å². The Morgan fingerprint density at radius 1 is 0.857 bits per heavy atom. The van der Waals surface area contributed by atoms with E-state index in [4.69, 9.17) is 32.0 Å². The van der Waals surface area contributed by atoms with Crippen LogP contribution in [0.3, 0.4) is 0 Å². The van der Waals surface area contributed by atoms with Gasteiger partial charge in [0.2, 0.25) is 0 Å². The van der Waals surface area contributed by atoms with E-state index in [2.05, 4.69) is 0 Å². The third kappa shape index (κ3) is 8.08. The summed E-state index contributed by atoms with van der Waals surface area (Å²) in [4.78, 5) is 32.2. The molecule has 4 rings (SSSR count). The van der Waals surface area contributed by atoms with Crippen molar-refractivity contribution in [2.75, 3.05) is 13.2 Å². The second kappa shape index (κ2) is 15.0. The minimum Gasteiger partial charge on any atom is -0.465 e. The van der Waals surface area contributed by atoms with Crippen LogP contribution in [-0.4, -0.2) is 51.2 Å². The number of hydrogen-bond donors (Lipinski definition) is 4. The number of rotatable bonds is 11. The second-order valence-corrected chi connectivity index (χ2v) is 9.48. The molecule has 1 aromatic heterocycles. The quantitative estimate of drug-likeness (QED) is 0.114. The summed E-state index contributed by atoms with van der Waals surface area (Å²) in [6.45, 7) is 1.93. The van der Waals surface area contributed by atoms with E-state index in [0.717, 1.165) is 28.9 Å². The highest BCUT2D eigenvalue weighted by molar-refractivity contribution is 5.99. The fraction of sp³-hybridized carbons (Fsp3) is 0.233. The van der Waals surface area contributed by atoms with E-state index in [-0.39, 0.29) is 62.1 Å². The number of nitrogens with one attached hydrogen (secondary N) is 2. The van der Waals surface area contributed by atoms with E-state index in [1.165, 1.54) is 4.90 Å². The summed E-state index contributed by atoms with van der Waals surface area (Å²) in [5.41, 5.74) is 16.3. The summed E-state index contributed by atoms with van der Waals surface area (Å²) in [5.74, 6) is 0.0696. The number of ether oxygens (including phenoxy) is 1. The molecular formula is C30H35Cl2N7O3. The van der Waals surface area contributed by atoms with Crippen LogP contribution in [-0.2, 0) is 36.0 Å². The molecule has 0 unspecified atom stereocenters. The van der Waals surface area contributed by atoms with Crippen LogP contribution >= 0.6 is 24.8 Å². The van der Waals surface area contributed by atoms with E-state index in [1.807, 2.05) is 41.9 Å². The van der Waals surface area contributed by atoms with Gasteiger partial charge in [0.1, 0.15) is 24.0 Å². The van der Waals surface area contributed by atoms with Crippen LogP contribution in [0.1, 0.15) is 45.4 Å². The number of aryl methyl sites for hydroxylation is 3. The Hall–Kier alpha value is -4.41. The minimum absolute atomic E-state index is 0. The van der Waals surface area contributed by atoms with Gasteiger partial charge in [0, 0.05) is 36.7 Å². The summed E-state index contributed by atoms with van der Waals surface area (Å²) in [5, 5.41) is 15.1. The van der Waals surface area contributed by atoms with Crippen LogP contribution in [0, 0.1) is 10.8 Å². The number of hydrogen-bond acceptors (Lipinski definition) is 6. The number of esters is 1. The largest absolute Gasteiger partial charge is 0.465 e. The van der Waals surface area contributed by atoms with Crippen molar-refractivity contribution in [2.45, 2.75) is 26.3 Å². The highest BCUT2D eigenvalue weighted by atomic mass is 35.5. The van der Waals surface area contributed by atoms with Crippen LogP contribution < -0.4 is 11.5 Å². The Labute approximate surface area is 256 Å². The number of nitrogens with two attached hydrogens (primary N) is 2. The van der Waals surface area contributed by atoms with Crippen molar-refractivity contribution >= 4 is 59.4 Å². The average Bonchev–Trinajstić information content (AvgIpc) is 3.26. The molecule has 0 bridgehead atoms. The molecule has 4 aromatic rings. The fourth-order valence-electron chi connectivity index (χ4n) is 4.47. The molecule has 3 aromatic carbocycles. The lowest BCUT2D eigenvalue weighted by Crippen LogP contribution is -2.36. The van der Waals surface area contributed by atoms with Crippen molar-refractivity contribution in [2.24, 2.45) is 18.5 Å². The van der Waals surface area contributed by atoms with Crippen LogP contribution in [0.5, 0.6) is 0 Å². The van der Waals surface area contributed by atoms with Crippen molar-refractivity contribution in [3.05, 3.63) is 100 Å². The van der Waals surface area contributed by atoms with Crippen molar-refractivity contribution < 1.29 is 14.3 Å². The molecule has 0 aliphatic heterocycles. The summed E-state index contributed by atoms with van der Waals surface area (Å²) in [6, 6.07) is 19.9. The molecular weight excluding hydrogens is 577 g/mol. The van der Waals surface area contributed by atoms with Gasteiger partial charge in [-0.05, 0) is 42.7 Å². The van der Waals surface area contributed by atoms with E-state index < -0.39 is 5.97 Å². The van der Waals surface area contributed by atoms with Crippen molar-refractivity contribution in [1.82, 2.24) is 14.5 Å². The topological polar surface area (TPSA) is 164 Å². The minimum atomic E-state index is -0.492. The van der Waals surface area contributed by atoms with Crippen molar-refractivity contribution in [3.63, 3.8) is 0 Å². The van der Waals surface area contributed by atoms with Crippen LogP contribution in [0.15, 0.2) is 66.7 Å². The van der Waals surface area contributed by atoms with Gasteiger partial charge in [0.05, 0.1) is 17.6 Å². The standard InChI is InChI=1S/C30H33N7O3.2ClH/c1-3-40-27(38)18-37(17-20-6-11-22(12-7-20)29(33)34)30(39)23-13-14-25-24(16-23)35-26(36(25)2)15-8-19-4-9-21(10-5-19)28(31)32;;/h4-7,9-14,16H,3,8,15,17-18H2,1-2H3,(H3,31,32)(H3,33,34);2*1H. The Morgan fingerprint density at radius 2 is 1.40 bits per heavy atom. The summed E-state index contributed by atoms with van der Waals surface area (Å²) >= 11 is 0. The zero-order chi connectivity index (χ0) is 28.8. The number of carbonyl (C=O) groups is 2. The number of nitrogens with zero attached hydrogens (tertiary/aromatic N) is 3. The van der Waals surface area contributed by atoms with Gasteiger partial charge in [-0.1, -0.05) is 48.5 Å². The van der Waals surface area contributed by atoms with Gasteiger partial charge in [-0.25, -0.2) is 4.98 Å². The first kappa shape index (κ1) is 33.8. The van der Waals surface area contributed by atoms with Crippen LogP contribution in [0.25, 0.3) is 11.0 Å². The number of carbonyl (C=O) groups excluding carboxylic acids is 2. The molecule has 0 fully saturated rings. The monoisotopic (exact) mass is 611 g/mol. The predicted octanol–water partition coefficient (Wildman–Crippen LogP) is 3.98. The highest BCUT2D eigenvalue weighted by Crippen LogP contribution is 2.20. The molecule has 0 spiro atoms. The van der Waals surface area contributed by atoms with Gasteiger partial charge in [0.15, 0.2) is 0 Å². The predicted molar refractivity (Wildman–Crippen MR) is 169 cm³/mol. The molecule has 0 saturated carbocycles. The van der Waals surface area contributed by atoms with Gasteiger partial charge < -0.3 is 25.7 Å². The molecule has 0 radical (unpaired) electrons. The SMILES string of the molecule is CCOC(=O)CN(Cc1ccc(C(=N)N)cc1)C(=O)c1ccc2c(c1)nc(CCc1ccc(C(=N)N)cc1)n2C.Cl.Cl. The number of benzene rings is 3. The van der Waals surface area contributed by atoms with Crippen molar-refractivity contribution in [1.29, 1.82) is 10.8 Å². The zero-order valence-corrected chi connectivity index (χ0v) is 25.1. The highest BCUT2D eigenvalue weighted by Gasteiger charge is 2.21. The molecule has 42 heavy (non-hydrogen) atoms. The molecule has 0 aliphatic rings. The maximum absolute atomic E-state index is 13.6. The van der Waals surface area contributed by atoms with E-state index in [0.29, 0.717) is 28.6 Å². The van der Waals surface area contributed by atoms with E-state index >= 15 is 0 Å². The number of aromatic nitrogens is 2. The third-order valence-electron chi connectivity index (χ3n) is 6.67. The molecule has 6 N–H and O–H groups in total. The first-order chi connectivity index (χ1) is 19.2. The zero-order valence-electron chi connectivity index (χ0n) is 23.4. The summed E-state index contributed by atoms with van der Waals surface area (Å²) < 4.78 is 7.12. The fourth-order valence-corrected chi connectivity index (χ4v) is 4.47. The molecule has 12 heteroatoms. The van der Waals surface area contributed by atoms with Gasteiger partial charge >= 0.3 is 5.97 Å². The number of fused-ring (bicyclic) bond motifs is 1. The first-order valence-corrected chi connectivity index (χ1v) is 12.9. The lowest BCUT2D eigenvalue weighted by molar-refractivity contribution is -0.143. The number of amides is 1. The van der Waals surface area contributed by atoms with E-state index in [9.17, 15) is 9.59 Å². The summed E-state index contributed by atoms with van der Waals surface area (Å²) in [7, 11) is 1.95. The maximum Gasteiger partial charge on any atom is 0.325 e. The molecule has 1 heterocycles. The van der Waals surface area contributed by atoms with Gasteiger partial charge in [-0.2, -0.15) is 0 Å². The maximum atomic E-state index is 13.6. The smallest absolute Gasteiger partial charge is 0.325 e. The lowest BCUT2D eigenvalue weighted by Gasteiger charge is -2.22. The van der Waals surface area contributed by atoms with Gasteiger partial charge in [-0.15, -0.1) is 24.8 Å². The molecule has 0 saturated heterocycles. The van der Waals surface area contributed by atoms with Crippen LogP contribution in [0.2, 0.25) is 0 Å².